The number of piperidine rings is 1. The van der Waals surface area contributed by atoms with Gasteiger partial charge in [0.1, 0.15) is 5.82 Å². The Balaban J connectivity index is 1.99. The molecule has 5 nitrogen and oxygen atoms in total. The number of ether oxygens (including phenoxy) is 1. The van der Waals surface area contributed by atoms with Crippen molar-refractivity contribution in [1.82, 2.24) is 4.90 Å². The summed E-state index contributed by atoms with van der Waals surface area (Å²) in [6.45, 7) is 2.78. The fraction of sp³-hybridized carbons (Fsp3) is 0.562. The Morgan fingerprint density at radius 3 is 2.39 bits per heavy atom. The Labute approximate surface area is 136 Å². The maximum absolute atomic E-state index is 12.9. The van der Waals surface area contributed by atoms with Crippen molar-refractivity contribution in [2.45, 2.75) is 30.8 Å². The van der Waals surface area contributed by atoms with E-state index < -0.39 is 21.6 Å². The van der Waals surface area contributed by atoms with Gasteiger partial charge in [0.15, 0.2) is 9.84 Å². The molecule has 1 aromatic carbocycles. The van der Waals surface area contributed by atoms with E-state index in [2.05, 4.69) is 0 Å². The van der Waals surface area contributed by atoms with Crippen molar-refractivity contribution in [2.75, 3.05) is 26.0 Å². The number of benzene rings is 1. The van der Waals surface area contributed by atoms with Gasteiger partial charge in [0.25, 0.3) is 0 Å². The molecule has 1 aliphatic rings. The molecule has 0 unspecified atom stereocenters. The highest BCUT2D eigenvalue weighted by Gasteiger charge is 2.29. The lowest BCUT2D eigenvalue weighted by atomic mass is 10.1. The smallest absolute Gasteiger partial charge is 0.226 e. The maximum Gasteiger partial charge on any atom is 0.226 e. The van der Waals surface area contributed by atoms with Crippen LogP contribution in [-0.4, -0.2) is 51.3 Å². The van der Waals surface area contributed by atoms with Gasteiger partial charge in [-0.25, -0.2) is 12.8 Å². The summed E-state index contributed by atoms with van der Waals surface area (Å²) < 4.78 is 42.8. The Hall–Kier alpha value is -1.47. The molecule has 0 radical (unpaired) electrons. The summed E-state index contributed by atoms with van der Waals surface area (Å²) in [6, 6.07) is 4.67. The molecule has 1 heterocycles. The van der Waals surface area contributed by atoms with Gasteiger partial charge in [-0.1, -0.05) is 6.92 Å². The number of amides is 1. The van der Waals surface area contributed by atoms with E-state index in [0.29, 0.717) is 13.1 Å². The number of rotatable bonds is 5. The van der Waals surface area contributed by atoms with Gasteiger partial charge in [-0.15, -0.1) is 0 Å². The number of nitrogens with zero attached hydrogens (tertiary/aromatic N) is 1. The van der Waals surface area contributed by atoms with Gasteiger partial charge in [-0.05, 0) is 37.1 Å². The van der Waals surface area contributed by atoms with Crippen LogP contribution in [0.3, 0.4) is 0 Å². The predicted molar refractivity (Wildman–Crippen MR) is 84.2 cm³/mol. The minimum Gasteiger partial charge on any atom is -0.381 e. The van der Waals surface area contributed by atoms with Gasteiger partial charge in [0.2, 0.25) is 5.91 Å². The zero-order valence-corrected chi connectivity index (χ0v) is 14.2. The minimum absolute atomic E-state index is 0.0386. The fourth-order valence-electron chi connectivity index (χ4n) is 2.76. The number of halogens is 1. The normalized spacial score (nSPS) is 18.0. The van der Waals surface area contributed by atoms with Crippen LogP contribution in [0, 0.1) is 11.7 Å². The van der Waals surface area contributed by atoms with E-state index in [4.69, 9.17) is 4.74 Å². The first-order valence-electron chi connectivity index (χ1n) is 7.63. The summed E-state index contributed by atoms with van der Waals surface area (Å²) in [5, 5.41) is 0. The molecule has 0 spiro atoms. The van der Waals surface area contributed by atoms with Crippen LogP contribution < -0.4 is 0 Å². The Bertz CT molecular complexity index is 637. The second kappa shape index (κ2) is 7.40. The fourth-order valence-corrected chi connectivity index (χ4v) is 4.31. The first-order valence-corrected chi connectivity index (χ1v) is 9.28. The topological polar surface area (TPSA) is 63.7 Å². The number of carbonyl (C=O) groups excluding carboxylic acids is 1. The molecule has 0 aromatic heterocycles. The summed E-state index contributed by atoms with van der Waals surface area (Å²) in [5.74, 6) is -1.56. The second-order valence-corrected chi connectivity index (χ2v) is 7.93. The molecule has 1 amide bonds. The van der Waals surface area contributed by atoms with Gasteiger partial charge >= 0.3 is 0 Å². The molecular weight excluding hydrogens is 321 g/mol. The Morgan fingerprint density at radius 1 is 1.30 bits per heavy atom. The number of methoxy groups -OCH3 is 1. The predicted octanol–water partition coefficient (Wildman–Crippen LogP) is 1.87. The molecule has 0 saturated carbocycles. The molecule has 1 aliphatic heterocycles. The van der Waals surface area contributed by atoms with Gasteiger partial charge in [0.05, 0.1) is 16.8 Å². The third-order valence-electron chi connectivity index (χ3n) is 4.15. The van der Waals surface area contributed by atoms with Gasteiger partial charge < -0.3 is 9.64 Å². The number of carbonyl (C=O) groups is 1. The molecule has 1 atom stereocenters. The van der Waals surface area contributed by atoms with Crippen molar-refractivity contribution < 1.29 is 22.3 Å². The summed E-state index contributed by atoms with van der Waals surface area (Å²) in [4.78, 5) is 14.2. The number of hydrogen-bond acceptors (Lipinski definition) is 4. The largest absolute Gasteiger partial charge is 0.381 e. The Kier molecular flexibility index (Phi) is 5.75. The molecule has 23 heavy (non-hydrogen) atoms. The quantitative estimate of drug-likeness (QED) is 0.766. The number of hydrogen-bond donors (Lipinski definition) is 0. The Morgan fingerprint density at radius 2 is 1.87 bits per heavy atom. The van der Waals surface area contributed by atoms with Crippen molar-refractivity contribution in [3.63, 3.8) is 0 Å². The average molecular weight is 343 g/mol. The van der Waals surface area contributed by atoms with E-state index in [1.165, 1.54) is 12.1 Å². The molecule has 0 N–H and O–H groups in total. The van der Waals surface area contributed by atoms with Crippen molar-refractivity contribution in [3.05, 3.63) is 30.1 Å². The summed E-state index contributed by atoms with van der Waals surface area (Å²) >= 11 is 0. The molecule has 1 fully saturated rings. The van der Waals surface area contributed by atoms with Crippen LogP contribution in [0.25, 0.3) is 0 Å². The summed E-state index contributed by atoms with van der Waals surface area (Å²) in [5.41, 5.74) is 0. The SMILES string of the molecule is COC1CCN(C(=O)[C@H](C)CS(=O)(=O)c2ccc(F)cc2)CC1. The van der Waals surface area contributed by atoms with Crippen LogP contribution in [-0.2, 0) is 19.4 Å². The first-order chi connectivity index (χ1) is 10.8. The highest BCUT2D eigenvalue weighted by atomic mass is 32.2. The van der Waals surface area contributed by atoms with Crippen molar-refractivity contribution in [3.8, 4) is 0 Å². The van der Waals surface area contributed by atoms with Gasteiger partial charge in [0, 0.05) is 26.1 Å². The maximum atomic E-state index is 12.9. The van der Waals surface area contributed by atoms with E-state index >= 15 is 0 Å². The third-order valence-corrected chi connectivity index (χ3v) is 6.08. The van der Waals surface area contributed by atoms with Gasteiger partial charge in [-0.3, -0.25) is 4.79 Å². The van der Waals surface area contributed by atoms with E-state index in [9.17, 15) is 17.6 Å². The zero-order valence-electron chi connectivity index (χ0n) is 13.4. The van der Waals surface area contributed by atoms with E-state index in [1.807, 2.05) is 0 Å². The highest BCUT2D eigenvalue weighted by molar-refractivity contribution is 7.91. The van der Waals surface area contributed by atoms with Crippen molar-refractivity contribution in [2.24, 2.45) is 5.92 Å². The molecular formula is C16H22FNO4S. The number of sulfone groups is 1. The lowest BCUT2D eigenvalue weighted by Gasteiger charge is -2.32. The first kappa shape index (κ1) is 17.9. The standard InChI is InChI=1S/C16H22FNO4S/c1-12(16(19)18-9-7-14(22-2)8-10-18)11-23(20,21)15-5-3-13(17)4-6-15/h3-6,12,14H,7-11H2,1-2H3/t12-/m1/s1. The van der Waals surface area contributed by atoms with Crippen LogP contribution in [0.15, 0.2) is 29.2 Å². The van der Waals surface area contributed by atoms with E-state index in [0.717, 1.165) is 25.0 Å². The lowest BCUT2D eigenvalue weighted by molar-refractivity contribution is -0.136. The monoisotopic (exact) mass is 343 g/mol. The van der Waals surface area contributed by atoms with Gasteiger partial charge in [-0.2, -0.15) is 0 Å². The molecule has 128 valence electrons. The van der Waals surface area contributed by atoms with E-state index in [-0.39, 0.29) is 22.7 Å². The van der Waals surface area contributed by atoms with Crippen LogP contribution in [0.5, 0.6) is 0 Å². The van der Waals surface area contributed by atoms with Crippen LogP contribution in [0.2, 0.25) is 0 Å². The molecule has 1 saturated heterocycles. The van der Waals surface area contributed by atoms with Crippen LogP contribution in [0.4, 0.5) is 4.39 Å². The van der Waals surface area contributed by atoms with Crippen LogP contribution in [0.1, 0.15) is 19.8 Å². The lowest BCUT2D eigenvalue weighted by Crippen LogP contribution is -2.44. The molecule has 1 aromatic rings. The summed E-state index contributed by atoms with van der Waals surface area (Å²) in [6.07, 6.45) is 1.69. The van der Waals surface area contributed by atoms with Crippen molar-refractivity contribution in [1.29, 1.82) is 0 Å². The molecule has 0 bridgehead atoms. The molecule has 7 heteroatoms. The van der Waals surface area contributed by atoms with Crippen LogP contribution >= 0.6 is 0 Å². The highest BCUT2D eigenvalue weighted by Crippen LogP contribution is 2.19. The minimum atomic E-state index is -3.61. The molecule has 2 rings (SSSR count). The van der Waals surface area contributed by atoms with Crippen molar-refractivity contribution >= 4 is 15.7 Å². The molecule has 0 aliphatic carbocycles. The average Bonchev–Trinajstić information content (AvgIpc) is 2.54. The summed E-state index contributed by atoms with van der Waals surface area (Å²) in [7, 11) is -1.96. The number of likely N-dealkylation sites (tertiary alicyclic amines) is 1. The third kappa shape index (κ3) is 4.51. The zero-order chi connectivity index (χ0) is 17.0. The second-order valence-electron chi connectivity index (χ2n) is 5.90. The van der Waals surface area contributed by atoms with E-state index in [1.54, 1.807) is 18.9 Å².